The Labute approximate surface area is 129 Å². The minimum absolute atomic E-state index is 0.156. The summed E-state index contributed by atoms with van der Waals surface area (Å²) in [6.45, 7) is 5.16. The second-order valence-corrected chi connectivity index (χ2v) is 5.71. The monoisotopic (exact) mass is 308 g/mol. The van der Waals surface area contributed by atoms with Gasteiger partial charge in [0.05, 0.1) is 12.8 Å². The Bertz CT molecular complexity index is 529. The lowest BCUT2D eigenvalue weighted by atomic mass is 10.1. The Hall–Kier alpha value is -2.37. The first kappa shape index (κ1) is 17.7. The van der Waals surface area contributed by atoms with E-state index in [0.29, 0.717) is 5.56 Å². The normalized spacial score (nSPS) is 12.3. The molecule has 0 aliphatic rings. The minimum atomic E-state index is -1.38. The van der Waals surface area contributed by atoms with Crippen molar-refractivity contribution in [2.75, 3.05) is 0 Å². The first-order valence-electron chi connectivity index (χ1n) is 6.88. The number of esters is 2. The maximum Gasteiger partial charge on any atom is 0.349 e. The summed E-state index contributed by atoms with van der Waals surface area (Å²) >= 11 is 0. The smallest absolute Gasteiger partial charge is 0.349 e. The highest BCUT2D eigenvalue weighted by molar-refractivity contribution is 5.81. The van der Waals surface area contributed by atoms with Crippen LogP contribution in [0, 0.1) is 0 Å². The van der Waals surface area contributed by atoms with E-state index in [0.717, 1.165) is 0 Å². The van der Waals surface area contributed by atoms with Crippen LogP contribution in [0.5, 0.6) is 0 Å². The summed E-state index contributed by atoms with van der Waals surface area (Å²) in [5.74, 6) is -2.56. The van der Waals surface area contributed by atoms with E-state index in [4.69, 9.17) is 14.6 Å². The molecule has 1 atom stereocenters. The van der Waals surface area contributed by atoms with Crippen molar-refractivity contribution in [2.24, 2.45) is 0 Å². The molecule has 0 fully saturated rings. The van der Waals surface area contributed by atoms with E-state index in [-0.39, 0.29) is 12.8 Å². The molecule has 1 aromatic carbocycles. The van der Waals surface area contributed by atoms with Gasteiger partial charge in [-0.2, -0.15) is 0 Å². The van der Waals surface area contributed by atoms with Crippen molar-refractivity contribution in [3.63, 3.8) is 0 Å². The van der Waals surface area contributed by atoms with Crippen molar-refractivity contribution in [1.29, 1.82) is 0 Å². The SMILES string of the molecule is CC(C)(C)OC(=O)CCC(=O)OC(C(=O)O)c1ccccc1. The van der Waals surface area contributed by atoms with Crippen LogP contribution >= 0.6 is 0 Å². The summed E-state index contributed by atoms with van der Waals surface area (Å²) in [7, 11) is 0. The molecule has 0 radical (unpaired) electrons. The molecule has 22 heavy (non-hydrogen) atoms. The molecule has 0 aliphatic heterocycles. The van der Waals surface area contributed by atoms with Crippen LogP contribution in [0.3, 0.4) is 0 Å². The van der Waals surface area contributed by atoms with Gasteiger partial charge in [0, 0.05) is 5.56 Å². The van der Waals surface area contributed by atoms with Gasteiger partial charge in [-0.1, -0.05) is 30.3 Å². The number of carbonyl (C=O) groups excluding carboxylic acids is 2. The maximum absolute atomic E-state index is 11.7. The zero-order valence-corrected chi connectivity index (χ0v) is 12.9. The van der Waals surface area contributed by atoms with Gasteiger partial charge in [0.1, 0.15) is 5.60 Å². The predicted octanol–water partition coefficient (Wildman–Crippen LogP) is 2.48. The number of hydrogen-bond acceptors (Lipinski definition) is 5. The summed E-state index contributed by atoms with van der Waals surface area (Å²) in [6.07, 6.45) is -1.77. The zero-order chi connectivity index (χ0) is 16.8. The largest absolute Gasteiger partial charge is 0.478 e. The summed E-state index contributed by atoms with van der Waals surface area (Å²) in [5, 5.41) is 9.14. The fourth-order valence-electron chi connectivity index (χ4n) is 1.68. The molecular formula is C16H20O6. The molecule has 1 unspecified atom stereocenters. The standard InChI is InChI=1S/C16H20O6/c1-16(2,3)22-13(18)10-9-12(17)21-14(15(19)20)11-7-5-4-6-8-11/h4-8,14H,9-10H2,1-3H3,(H,19,20). The first-order valence-corrected chi connectivity index (χ1v) is 6.88. The highest BCUT2D eigenvalue weighted by Crippen LogP contribution is 2.18. The molecular weight excluding hydrogens is 288 g/mol. The van der Waals surface area contributed by atoms with E-state index in [1.54, 1.807) is 51.1 Å². The van der Waals surface area contributed by atoms with Gasteiger partial charge in [-0.15, -0.1) is 0 Å². The molecule has 0 saturated heterocycles. The Balaban J connectivity index is 2.55. The van der Waals surface area contributed by atoms with Crippen LogP contribution in [0.1, 0.15) is 45.3 Å². The third kappa shape index (κ3) is 6.39. The molecule has 1 N–H and O–H groups in total. The van der Waals surface area contributed by atoms with Gasteiger partial charge in [0.15, 0.2) is 0 Å². The lowest BCUT2D eigenvalue weighted by Gasteiger charge is -2.19. The van der Waals surface area contributed by atoms with E-state index < -0.39 is 29.6 Å². The average molecular weight is 308 g/mol. The number of benzene rings is 1. The van der Waals surface area contributed by atoms with Crippen LogP contribution < -0.4 is 0 Å². The van der Waals surface area contributed by atoms with Crippen LogP contribution in [0.25, 0.3) is 0 Å². The Morgan fingerprint density at radius 1 is 1.05 bits per heavy atom. The van der Waals surface area contributed by atoms with E-state index in [1.165, 1.54) is 0 Å². The molecule has 0 spiro atoms. The second kappa shape index (κ2) is 7.59. The van der Waals surface area contributed by atoms with Crippen LogP contribution in [-0.4, -0.2) is 28.6 Å². The van der Waals surface area contributed by atoms with E-state index in [1.807, 2.05) is 0 Å². The number of rotatable bonds is 6. The summed E-state index contributed by atoms with van der Waals surface area (Å²) in [4.78, 5) is 34.4. The van der Waals surface area contributed by atoms with Crippen LogP contribution in [0.15, 0.2) is 30.3 Å². The fourth-order valence-corrected chi connectivity index (χ4v) is 1.68. The second-order valence-electron chi connectivity index (χ2n) is 5.71. The van der Waals surface area contributed by atoms with Gasteiger partial charge in [0.2, 0.25) is 6.10 Å². The van der Waals surface area contributed by atoms with Crippen LogP contribution in [0.2, 0.25) is 0 Å². The van der Waals surface area contributed by atoms with Gasteiger partial charge in [-0.05, 0) is 20.8 Å². The number of carboxylic acids is 1. The van der Waals surface area contributed by atoms with E-state index in [2.05, 4.69) is 0 Å². The van der Waals surface area contributed by atoms with E-state index in [9.17, 15) is 14.4 Å². The van der Waals surface area contributed by atoms with Crippen molar-refractivity contribution in [1.82, 2.24) is 0 Å². The summed E-state index contributed by atoms with van der Waals surface area (Å²) in [6, 6.07) is 8.15. The molecule has 0 heterocycles. The molecule has 0 saturated carbocycles. The van der Waals surface area contributed by atoms with Gasteiger partial charge >= 0.3 is 17.9 Å². The minimum Gasteiger partial charge on any atom is -0.478 e. The molecule has 120 valence electrons. The molecule has 0 aliphatic carbocycles. The third-order valence-electron chi connectivity index (χ3n) is 2.53. The van der Waals surface area contributed by atoms with Crippen LogP contribution in [0.4, 0.5) is 0 Å². The number of ether oxygens (including phenoxy) is 2. The molecule has 0 amide bonds. The highest BCUT2D eigenvalue weighted by Gasteiger charge is 2.25. The number of carbonyl (C=O) groups is 3. The Morgan fingerprint density at radius 3 is 2.09 bits per heavy atom. The number of carboxylic acid groups (broad SMARTS) is 1. The van der Waals surface area contributed by atoms with Gasteiger partial charge in [-0.25, -0.2) is 4.79 Å². The molecule has 0 aromatic heterocycles. The zero-order valence-electron chi connectivity index (χ0n) is 12.9. The quantitative estimate of drug-likeness (QED) is 0.812. The maximum atomic E-state index is 11.7. The molecule has 6 heteroatoms. The van der Waals surface area contributed by atoms with Crippen molar-refractivity contribution in [3.8, 4) is 0 Å². The number of hydrogen-bond donors (Lipinski definition) is 1. The predicted molar refractivity (Wildman–Crippen MR) is 78.0 cm³/mol. The lowest BCUT2D eigenvalue weighted by Crippen LogP contribution is -2.25. The van der Waals surface area contributed by atoms with Gasteiger partial charge < -0.3 is 14.6 Å². The average Bonchev–Trinajstić information content (AvgIpc) is 2.41. The highest BCUT2D eigenvalue weighted by atomic mass is 16.6. The van der Waals surface area contributed by atoms with Crippen molar-refractivity contribution >= 4 is 17.9 Å². The Morgan fingerprint density at radius 2 is 1.59 bits per heavy atom. The summed E-state index contributed by atoms with van der Waals surface area (Å²) < 4.78 is 9.99. The van der Waals surface area contributed by atoms with Crippen molar-refractivity contribution in [2.45, 2.75) is 45.3 Å². The first-order chi connectivity index (χ1) is 10.2. The fraction of sp³-hybridized carbons (Fsp3) is 0.438. The Kier molecular flexibility index (Phi) is 6.10. The number of aliphatic carboxylic acids is 1. The molecule has 0 bridgehead atoms. The topological polar surface area (TPSA) is 89.9 Å². The van der Waals surface area contributed by atoms with E-state index >= 15 is 0 Å². The van der Waals surface area contributed by atoms with Crippen LogP contribution in [-0.2, 0) is 23.9 Å². The molecule has 1 aromatic rings. The van der Waals surface area contributed by atoms with Crippen molar-refractivity contribution < 1.29 is 29.0 Å². The van der Waals surface area contributed by atoms with Gasteiger partial charge in [0.25, 0.3) is 0 Å². The van der Waals surface area contributed by atoms with Crippen molar-refractivity contribution in [3.05, 3.63) is 35.9 Å². The summed E-state index contributed by atoms with van der Waals surface area (Å²) in [5.41, 5.74) is -0.269. The van der Waals surface area contributed by atoms with Gasteiger partial charge in [-0.3, -0.25) is 9.59 Å². The lowest BCUT2D eigenvalue weighted by molar-refractivity contribution is -0.166. The molecule has 6 nitrogen and oxygen atoms in total. The third-order valence-corrected chi connectivity index (χ3v) is 2.53. The molecule has 1 rings (SSSR count).